The Labute approximate surface area is 71.5 Å². The average Bonchev–Trinajstić information content (AvgIpc) is 2.08. The maximum atomic E-state index is 9.14. The predicted molar refractivity (Wildman–Crippen MR) is 47.0 cm³/mol. The van der Waals surface area contributed by atoms with Gasteiger partial charge in [-0.1, -0.05) is 13.0 Å². The van der Waals surface area contributed by atoms with E-state index in [9.17, 15) is 0 Å². The van der Waals surface area contributed by atoms with Crippen LogP contribution in [0, 0.1) is 0 Å². The van der Waals surface area contributed by atoms with E-state index in [1.807, 2.05) is 6.92 Å². The third kappa shape index (κ3) is 1.68. The number of nitrogens with two attached hydrogens (primary N) is 1. The van der Waals surface area contributed by atoms with Crippen LogP contribution in [-0.4, -0.2) is 10.2 Å². The van der Waals surface area contributed by atoms with E-state index in [0.717, 1.165) is 12.0 Å². The van der Waals surface area contributed by atoms with Crippen LogP contribution in [0.25, 0.3) is 0 Å². The zero-order chi connectivity index (χ0) is 9.14. The first-order chi connectivity index (χ1) is 5.65. The third-order valence-corrected chi connectivity index (χ3v) is 1.87. The average molecular weight is 167 g/mol. The van der Waals surface area contributed by atoms with Gasteiger partial charge in [0.25, 0.3) is 0 Å². The SMILES string of the molecule is CCC(N)c1ccc(O)c(O)c1. The number of benzene rings is 1. The molecule has 1 unspecified atom stereocenters. The molecule has 1 rings (SSSR count). The molecule has 3 nitrogen and oxygen atoms in total. The van der Waals surface area contributed by atoms with Gasteiger partial charge in [0, 0.05) is 6.04 Å². The molecule has 4 N–H and O–H groups in total. The van der Waals surface area contributed by atoms with E-state index < -0.39 is 0 Å². The summed E-state index contributed by atoms with van der Waals surface area (Å²) >= 11 is 0. The normalized spacial score (nSPS) is 12.8. The number of hydrogen-bond donors (Lipinski definition) is 3. The quantitative estimate of drug-likeness (QED) is 0.585. The maximum Gasteiger partial charge on any atom is 0.157 e. The lowest BCUT2D eigenvalue weighted by Crippen LogP contribution is -2.07. The van der Waals surface area contributed by atoms with Gasteiger partial charge in [0.1, 0.15) is 0 Å². The van der Waals surface area contributed by atoms with Crippen molar-refractivity contribution in [2.45, 2.75) is 19.4 Å². The lowest BCUT2D eigenvalue weighted by Gasteiger charge is -2.09. The van der Waals surface area contributed by atoms with E-state index in [1.165, 1.54) is 12.1 Å². The summed E-state index contributed by atoms with van der Waals surface area (Å²) < 4.78 is 0. The molecule has 1 aromatic rings. The molecule has 0 spiro atoms. The van der Waals surface area contributed by atoms with E-state index in [2.05, 4.69) is 0 Å². The molecule has 0 saturated carbocycles. The molecule has 0 aromatic heterocycles. The summed E-state index contributed by atoms with van der Waals surface area (Å²) in [6.07, 6.45) is 0.810. The van der Waals surface area contributed by atoms with Crippen molar-refractivity contribution in [3.8, 4) is 11.5 Å². The third-order valence-electron chi connectivity index (χ3n) is 1.87. The highest BCUT2D eigenvalue weighted by Crippen LogP contribution is 2.27. The Balaban J connectivity index is 2.96. The lowest BCUT2D eigenvalue weighted by atomic mass is 10.1. The molecular formula is C9H13NO2. The highest BCUT2D eigenvalue weighted by molar-refractivity contribution is 5.41. The zero-order valence-electron chi connectivity index (χ0n) is 6.99. The molecule has 0 amide bonds. The number of hydrogen-bond acceptors (Lipinski definition) is 3. The Kier molecular flexibility index (Phi) is 2.55. The van der Waals surface area contributed by atoms with Crippen molar-refractivity contribution in [2.24, 2.45) is 5.73 Å². The summed E-state index contributed by atoms with van der Waals surface area (Å²) in [6.45, 7) is 1.97. The van der Waals surface area contributed by atoms with Crippen LogP contribution in [-0.2, 0) is 0 Å². The Morgan fingerprint density at radius 1 is 1.33 bits per heavy atom. The second-order valence-electron chi connectivity index (χ2n) is 2.76. The molecule has 0 aliphatic carbocycles. The van der Waals surface area contributed by atoms with E-state index in [0.29, 0.717) is 0 Å². The summed E-state index contributed by atoms with van der Waals surface area (Å²) in [5.41, 5.74) is 6.56. The monoisotopic (exact) mass is 167 g/mol. The minimum atomic E-state index is -0.114. The molecule has 0 radical (unpaired) electrons. The van der Waals surface area contributed by atoms with E-state index in [-0.39, 0.29) is 17.5 Å². The van der Waals surface area contributed by atoms with Crippen molar-refractivity contribution in [3.63, 3.8) is 0 Å². The first-order valence-electron chi connectivity index (χ1n) is 3.92. The minimum Gasteiger partial charge on any atom is -0.504 e. The molecule has 0 aliphatic heterocycles. The first kappa shape index (κ1) is 8.87. The van der Waals surface area contributed by atoms with Crippen LogP contribution in [0.3, 0.4) is 0 Å². The summed E-state index contributed by atoms with van der Waals surface area (Å²) in [6, 6.07) is 4.57. The van der Waals surface area contributed by atoms with Crippen LogP contribution in [0.2, 0.25) is 0 Å². The molecule has 0 fully saturated rings. The number of rotatable bonds is 2. The van der Waals surface area contributed by atoms with E-state index in [1.54, 1.807) is 6.07 Å². The van der Waals surface area contributed by atoms with Gasteiger partial charge in [-0.05, 0) is 24.1 Å². The van der Waals surface area contributed by atoms with Crippen LogP contribution in [0.1, 0.15) is 24.9 Å². The summed E-state index contributed by atoms with van der Waals surface area (Å²) in [4.78, 5) is 0. The predicted octanol–water partition coefficient (Wildman–Crippen LogP) is 1.51. The Bertz CT molecular complexity index is 273. The van der Waals surface area contributed by atoms with Crippen LogP contribution in [0.4, 0.5) is 0 Å². The second-order valence-corrected chi connectivity index (χ2v) is 2.76. The van der Waals surface area contributed by atoms with Gasteiger partial charge in [-0.15, -0.1) is 0 Å². The first-order valence-corrected chi connectivity index (χ1v) is 3.92. The highest BCUT2D eigenvalue weighted by Gasteiger charge is 2.05. The van der Waals surface area contributed by atoms with Crippen LogP contribution < -0.4 is 5.73 Å². The second kappa shape index (κ2) is 3.45. The Morgan fingerprint density at radius 2 is 2.00 bits per heavy atom. The fourth-order valence-electron chi connectivity index (χ4n) is 1.01. The molecule has 0 saturated heterocycles. The molecule has 0 heterocycles. The Hall–Kier alpha value is -1.22. The van der Waals surface area contributed by atoms with Crippen molar-refractivity contribution < 1.29 is 10.2 Å². The maximum absolute atomic E-state index is 9.14. The molecule has 1 atom stereocenters. The summed E-state index contributed by atoms with van der Waals surface area (Å²) in [5.74, 6) is -0.224. The van der Waals surface area contributed by atoms with Crippen LogP contribution in [0.15, 0.2) is 18.2 Å². The molecule has 1 aromatic carbocycles. The van der Waals surface area contributed by atoms with Gasteiger partial charge >= 0.3 is 0 Å². The lowest BCUT2D eigenvalue weighted by molar-refractivity contribution is 0.402. The largest absolute Gasteiger partial charge is 0.504 e. The fourth-order valence-corrected chi connectivity index (χ4v) is 1.01. The van der Waals surface area contributed by atoms with Gasteiger partial charge in [0.2, 0.25) is 0 Å². The van der Waals surface area contributed by atoms with Crippen molar-refractivity contribution in [3.05, 3.63) is 23.8 Å². The van der Waals surface area contributed by atoms with Crippen LogP contribution >= 0.6 is 0 Å². The number of phenolic OH excluding ortho intramolecular Hbond substituents is 2. The van der Waals surface area contributed by atoms with Gasteiger partial charge in [-0.2, -0.15) is 0 Å². The van der Waals surface area contributed by atoms with Gasteiger partial charge in [0.05, 0.1) is 0 Å². The van der Waals surface area contributed by atoms with E-state index in [4.69, 9.17) is 15.9 Å². The molecule has 0 bridgehead atoms. The van der Waals surface area contributed by atoms with Gasteiger partial charge in [-0.25, -0.2) is 0 Å². The molecular weight excluding hydrogens is 154 g/mol. The van der Waals surface area contributed by atoms with Gasteiger partial charge in [-0.3, -0.25) is 0 Å². The van der Waals surface area contributed by atoms with Crippen molar-refractivity contribution in [1.29, 1.82) is 0 Å². The summed E-state index contributed by atoms with van der Waals surface area (Å²) in [5, 5.41) is 18.1. The summed E-state index contributed by atoms with van der Waals surface area (Å²) in [7, 11) is 0. The number of phenols is 2. The van der Waals surface area contributed by atoms with Crippen molar-refractivity contribution >= 4 is 0 Å². The molecule has 0 aliphatic rings. The zero-order valence-corrected chi connectivity index (χ0v) is 6.99. The standard InChI is InChI=1S/C9H13NO2/c1-2-7(10)6-3-4-8(11)9(12)5-6/h3-5,7,11-12H,2,10H2,1H3. The molecule has 12 heavy (non-hydrogen) atoms. The minimum absolute atomic E-state index is 0.0727. The molecule has 66 valence electrons. The topological polar surface area (TPSA) is 66.5 Å². The molecule has 3 heteroatoms. The van der Waals surface area contributed by atoms with Crippen molar-refractivity contribution in [1.82, 2.24) is 0 Å². The smallest absolute Gasteiger partial charge is 0.157 e. The van der Waals surface area contributed by atoms with Gasteiger partial charge < -0.3 is 15.9 Å². The highest BCUT2D eigenvalue weighted by atomic mass is 16.3. The van der Waals surface area contributed by atoms with Gasteiger partial charge in [0.15, 0.2) is 11.5 Å². The van der Waals surface area contributed by atoms with Crippen LogP contribution in [0.5, 0.6) is 11.5 Å². The van der Waals surface area contributed by atoms with E-state index >= 15 is 0 Å². The Morgan fingerprint density at radius 3 is 2.50 bits per heavy atom. The fraction of sp³-hybridized carbons (Fsp3) is 0.333. The van der Waals surface area contributed by atoms with Crippen molar-refractivity contribution in [2.75, 3.05) is 0 Å². The number of aromatic hydroxyl groups is 2.